The largest absolute Gasteiger partial charge is 0.399 e. The Bertz CT molecular complexity index is 591. The Labute approximate surface area is 136 Å². The summed E-state index contributed by atoms with van der Waals surface area (Å²) >= 11 is 4.70. The fourth-order valence-electron chi connectivity index (χ4n) is 2.46. The van der Waals surface area contributed by atoms with Crippen molar-refractivity contribution >= 4 is 24.0 Å². The molecule has 0 aliphatic heterocycles. The zero-order valence-corrected chi connectivity index (χ0v) is 13.3. The lowest BCUT2D eigenvalue weighted by Crippen LogP contribution is -2.03. The SMILES string of the molecule is Nc1ccc(C(S)c2ccc(N)c(CCO)c2)cc1CCO. The summed E-state index contributed by atoms with van der Waals surface area (Å²) in [6.07, 6.45) is 1.05. The van der Waals surface area contributed by atoms with Gasteiger partial charge in [-0.05, 0) is 47.2 Å². The molecular weight excluding hydrogens is 296 g/mol. The van der Waals surface area contributed by atoms with Crippen molar-refractivity contribution < 1.29 is 10.2 Å². The molecule has 0 atom stereocenters. The van der Waals surface area contributed by atoms with Crippen LogP contribution in [-0.2, 0) is 12.8 Å². The van der Waals surface area contributed by atoms with Gasteiger partial charge in [0.15, 0.2) is 0 Å². The first-order chi connectivity index (χ1) is 10.6. The average molecular weight is 318 g/mol. The van der Waals surface area contributed by atoms with Crippen molar-refractivity contribution in [2.24, 2.45) is 0 Å². The van der Waals surface area contributed by atoms with Crippen LogP contribution in [0.3, 0.4) is 0 Å². The number of aliphatic hydroxyl groups is 2. The molecule has 0 unspecified atom stereocenters. The Balaban J connectivity index is 2.33. The molecule has 5 heteroatoms. The van der Waals surface area contributed by atoms with E-state index in [9.17, 15) is 0 Å². The highest BCUT2D eigenvalue weighted by atomic mass is 32.1. The van der Waals surface area contributed by atoms with E-state index in [0.29, 0.717) is 24.2 Å². The number of anilines is 2. The van der Waals surface area contributed by atoms with Gasteiger partial charge in [-0.1, -0.05) is 24.3 Å². The predicted octanol–water partition coefficient (Wildman–Crippen LogP) is 1.94. The predicted molar refractivity (Wildman–Crippen MR) is 94.1 cm³/mol. The van der Waals surface area contributed by atoms with Crippen LogP contribution in [0.1, 0.15) is 27.5 Å². The summed E-state index contributed by atoms with van der Waals surface area (Å²) < 4.78 is 0. The average Bonchev–Trinajstić information content (AvgIpc) is 2.51. The first kappa shape index (κ1) is 16.7. The minimum absolute atomic E-state index is 0.0629. The lowest BCUT2D eigenvalue weighted by Gasteiger charge is -2.16. The van der Waals surface area contributed by atoms with Crippen molar-refractivity contribution in [2.45, 2.75) is 18.1 Å². The number of rotatable bonds is 6. The van der Waals surface area contributed by atoms with E-state index in [0.717, 1.165) is 22.3 Å². The Hall–Kier alpha value is -1.69. The fourth-order valence-corrected chi connectivity index (χ4v) is 2.78. The molecule has 0 radical (unpaired) electrons. The van der Waals surface area contributed by atoms with Crippen LogP contribution in [0.25, 0.3) is 0 Å². The van der Waals surface area contributed by atoms with Gasteiger partial charge in [0.05, 0.1) is 5.25 Å². The number of hydrogen-bond donors (Lipinski definition) is 5. The summed E-state index contributed by atoms with van der Waals surface area (Å²) in [5, 5.41) is 18.1. The highest BCUT2D eigenvalue weighted by Gasteiger charge is 2.13. The molecule has 0 aromatic heterocycles. The maximum absolute atomic E-state index is 9.10. The van der Waals surface area contributed by atoms with Gasteiger partial charge >= 0.3 is 0 Å². The third-order valence-corrected chi connectivity index (χ3v) is 4.32. The highest BCUT2D eigenvalue weighted by molar-refractivity contribution is 7.80. The number of nitrogen functional groups attached to an aromatic ring is 2. The molecule has 118 valence electrons. The van der Waals surface area contributed by atoms with Crippen LogP contribution in [0.15, 0.2) is 36.4 Å². The van der Waals surface area contributed by atoms with Crippen LogP contribution >= 0.6 is 12.6 Å². The van der Waals surface area contributed by atoms with Gasteiger partial charge in [-0.3, -0.25) is 0 Å². The Morgan fingerprint density at radius 1 is 0.818 bits per heavy atom. The van der Waals surface area contributed by atoms with Gasteiger partial charge in [0.25, 0.3) is 0 Å². The normalized spacial score (nSPS) is 11.1. The number of benzene rings is 2. The molecule has 0 saturated heterocycles. The standard InChI is InChI=1S/C17H22N2O2S/c18-15-3-1-13(9-11(15)5-7-20)17(22)14-2-4-16(19)12(10-14)6-8-21/h1-4,9-10,17,20-22H,5-8,18-19H2. The molecule has 6 N–H and O–H groups in total. The molecule has 2 rings (SSSR count). The van der Waals surface area contributed by atoms with E-state index in [1.807, 2.05) is 36.4 Å². The van der Waals surface area contributed by atoms with Gasteiger partial charge in [0.2, 0.25) is 0 Å². The quantitative estimate of drug-likeness (QED) is 0.416. The van der Waals surface area contributed by atoms with Crippen LogP contribution in [0.5, 0.6) is 0 Å². The third-order valence-electron chi connectivity index (χ3n) is 3.73. The van der Waals surface area contributed by atoms with Gasteiger partial charge < -0.3 is 21.7 Å². The Morgan fingerprint density at radius 3 is 1.59 bits per heavy atom. The van der Waals surface area contributed by atoms with Gasteiger partial charge in [-0.2, -0.15) is 12.6 Å². The van der Waals surface area contributed by atoms with Crippen molar-refractivity contribution in [1.82, 2.24) is 0 Å². The van der Waals surface area contributed by atoms with E-state index in [-0.39, 0.29) is 18.5 Å². The lowest BCUT2D eigenvalue weighted by atomic mass is 9.97. The number of thiol groups is 1. The van der Waals surface area contributed by atoms with Gasteiger partial charge in [0.1, 0.15) is 0 Å². The second kappa shape index (κ2) is 7.54. The van der Waals surface area contributed by atoms with Gasteiger partial charge in [-0.15, -0.1) is 0 Å². The van der Waals surface area contributed by atoms with Crippen molar-refractivity contribution in [3.8, 4) is 0 Å². The molecule has 0 heterocycles. The molecule has 0 bridgehead atoms. The maximum atomic E-state index is 9.10. The molecule has 0 aliphatic rings. The van der Waals surface area contributed by atoms with E-state index < -0.39 is 0 Å². The number of aliphatic hydroxyl groups excluding tert-OH is 2. The lowest BCUT2D eigenvalue weighted by molar-refractivity contribution is 0.299. The third kappa shape index (κ3) is 3.74. The Morgan fingerprint density at radius 2 is 1.23 bits per heavy atom. The molecule has 0 aliphatic carbocycles. The summed E-state index contributed by atoms with van der Waals surface area (Å²) in [5.41, 5.74) is 17.1. The van der Waals surface area contributed by atoms with E-state index in [4.69, 9.17) is 34.3 Å². The first-order valence-corrected chi connectivity index (χ1v) is 7.74. The van der Waals surface area contributed by atoms with E-state index in [1.165, 1.54) is 0 Å². The van der Waals surface area contributed by atoms with Crippen LogP contribution < -0.4 is 11.5 Å². The topological polar surface area (TPSA) is 92.5 Å². The molecule has 0 amide bonds. The van der Waals surface area contributed by atoms with Gasteiger partial charge in [0, 0.05) is 24.6 Å². The second-order valence-electron chi connectivity index (χ2n) is 5.27. The fraction of sp³-hybridized carbons (Fsp3) is 0.294. The van der Waals surface area contributed by atoms with Crippen LogP contribution in [-0.4, -0.2) is 23.4 Å². The monoisotopic (exact) mass is 318 g/mol. The zero-order valence-electron chi connectivity index (χ0n) is 12.4. The summed E-state index contributed by atoms with van der Waals surface area (Å²) in [6.45, 7) is 0.126. The number of nitrogens with two attached hydrogens (primary N) is 2. The van der Waals surface area contributed by atoms with Crippen molar-refractivity contribution in [1.29, 1.82) is 0 Å². The van der Waals surface area contributed by atoms with Crippen molar-refractivity contribution in [2.75, 3.05) is 24.7 Å². The molecule has 0 spiro atoms. The van der Waals surface area contributed by atoms with Crippen molar-refractivity contribution in [3.05, 3.63) is 58.7 Å². The summed E-state index contributed by atoms with van der Waals surface area (Å²) in [7, 11) is 0. The number of hydrogen-bond acceptors (Lipinski definition) is 5. The molecule has 0 fully saturated rings. The van der Waals surface area contributed by atoms with Crippen LogP contribution in [0.2, 0.25) is 0 Å². The molecule has 0 saturated carbocycles. The highest BCUT2D eigenvalue weighted by Crippen LogP contribution is 2.32. The minimum Gasteiger partial charge on any atom is -0.399 e. The second-order valence-corrected chi connectivity index (χ2v) is 5.78. The maximum Gasteiger partial charge on any atom is 0.0516 e. The van der Waals surface area contributed by atoms with E-state index in [1.54, 1.807) is 0 Å². The van der Waals surface area contributed by atoms with E-state index in [2.05, 4.69) is 0 Å². The minimum atomic E-state index is -0.115. The van der Waals surface area contributed by atoms with Crippen molar-refractivity contribution in [3.63, 3.8) is 0 Å². The van der Waals surface area contributed by atoms with Crippen LogP contribution in [0, 0.1) is 0 Å². The molecule has 2 aromatic rings. The zero-order chi connectivity index (χ0) is 16.1. The van der Waals surface area contributed by atoms with Crippen LogP contribution in [0.4, 0.5) is 11.4 Å². The summed E-state index contributed by atoms with van der Waals surface area (Å²) in [6, 6.07) is 11.5. The molecule has 4 nitrogen and oxygen atoms in total. The summed E-state index contributed by atoms with van der Waals surface area (Å²) in [5.74, 6) is 0. The molecule has 22 heavy (non-hydrogen) atoms. The van der Waals surface area contributed by atoms with Gasteiger partial charge in [-0.25, -0.2) is 0 Å². The van der Waals surface area contributed by atoms with E-state index >= 15 is 0 Å². The smallest absolute Gasteiger partial charge is 0.0516 e. The first-order valence-electron chi connectivity index (χ1n) is 7.23. The Kier molecular flexibility index (Phi) is 5.71. The molecule has 2 aromatic carbocycles. The molecular formula is C17H22N2O2S. The summed E-state index contributed by atoms with van der Waals surface area (Å²) in [4.78, 5) is 0.